The largest absolute Gasteiger partial charge is 0.308 e. The summed E-state index contributed by atoms with van der Waals surface area (Å²) in [5.41, 5.74) is 3.68. The topological polar surface area (TPSA) is 70.3 Å². The predicted molar refractivity (Wildman–Crippen MR) is 81.6 cm³/mol. The van der Waals surface area contributed by atoms with Crippen LogP contribution in [0.3, 0.4) is 0 Å². The number of rotatable bonds is 4. The number of anilines is 1. The second-order valence-corrected chi connectivity index (χ2v) is 5.99. The number of hydrogen-bond donors (Lipinski definition) is 2. The molecule has 1 aromatic heterocycles. The Hall–Kier alpha value is -1.24. The zero-order valence-corrected chi connectivity index (χ0v) is 12.9. The van der Waals surface area contributed by atoms with Gasteiger partial charge < -0.3 is 15.2 Å². The second kappa shape index (κ2) is 6.47. The van der Waals surface area contributed by atoms with Crippen molar-refractivity contribution < 1.29 is 0 Å². The van der Waals surface area contributed by atoms with Crippen LogP contribution < -0.4 is 11.3 Å². The molecule has 0 aromatic carbocycles. The Morgan fingerprint density at radius 2 is 2.10 bits per heavy atom. The van der Waals surface area contributed by atoms with Gasteiger partial charge in [0.1, 0.15) is 11.6 Å². The number of nitrogens with one attached hydrogen (secondary N) is 1. The molecule has 20 heavy (non-hydrogen) atoms. The van der Waals surface area contributed by atoms with Crippen LogP contribution in [-0.4, -0.2) is 59.5 Å². The Morgan fingerprint density at radius 3 is 2.75 bits per heavy atom. The number of nitrogens with zero attached hydrogens (tertiary/aromatic N) is 4. The van der Waals surface area contributed by atoms with Gasteiger partial charge in [0.25, 0.3) is 0 Å². The third-order valence-electron chi connectivity index (χ3n) is 3.93. The fraction of sp³-hybridized carbons (Fsp3) is 0.714. The molecule has 1 aromatic rings. The number of likely N-dealkylation sites (N-methyl/N-ethyl adjacent to an activating group) is 2. The van der Waals surface area contributed by atoms with Gasteiger partial charge in [-0.3, -0.25) is 0 Å². The van der Waals surface area contributed by atoms with E-state index in [0.29, 0.717) is 17.8 Å². The maximum absolute atomic E-state index is 5.51. The van der Waals surface area contributed by atoms with Gasteiger partial charge in [0.15, 0.2) is 0 Å². The SMILES string of the molecule is CC(C)c1cc(NN)nc(CC2CN(C)CCN2C)n1. The van der Waals surface area contributed by atoms with E-state index >= 15 is 0 Å². The van der Waals surface area contributed by atoms with Crippen LogP contribution in [0.5, 0.6) is 0 Å². The van der Waals surface area contributed by atoms with Gasteiger partial charge in [0.05, 0.1) is 0 Å². The van der Waals surface area contributed by atoms with Crippen molar-refractivity contribution >= 4 is 5.82 Å². The molecule has 3 N–H and O–H groups in total. The van der Waals surface area contributed by atoms with Crippen molar-refractivity contribution in [1.29, 1.82) is 0 Å². The van der Waals surface area contributed by atoms with Crippen molar-refractivity contribution in [2.24, 2.45) is 5.84 Å². The van der Waals surface area contributed by atoms with Crippen LogP contribution >= 0.6 is 0 Å². The van der Waals surface area contributed by atoms with Crippen LogP contribution in [0.25, 0.3) is 0 Å². The summed E-state index contributed by atoms with van der Waals surface area (Å²) in [5, 5.41) is 0. The molecule has 2 rings (SSSR count). The summed E-state index contributed by atoms with van der Waals surface area (Å²) in [7, 11) is 4.34. The fourth-order valence-corrected chi connectivity index (χ4v) is 2.51. The van der Waals surface area contributed by atoms with Gasteiger partial charge in [0, 0.05) is 43.9 Å². The Balaban J connectivity index is 2.17. The third kappa shape index (κ3) is 3.65. The summed E-state index contributed by atoms with van der Waals surface area (Å²) in [6.45, 7) is 7.53. The number of nitrogens with two attached hydrogens (primary N) is 1. The predicted octanol–water partition coefficient (Wildman–Crippen LogP) is 0.674. The molecule has 6 nitrogen and oxygen atoms in total. The maximum atomic E-state index is 5.51. The molecule has 1 atom stereocenters. The fourth-order valence-electron chi connectivity index (χ4n) is 2.51. The maximum Gasteiger partial charge on any atom is 0.143 e. The Morgan fingerprint density at radius 1 is 1.35 bits per heavy atom. The van der Waals surface area contributed by atoms with Crippen LogP contribution in [0.2, 0.25) is 0 Å². The molecule has 6 heteroatoms. The average Bonchev–Trinajstić information content (AvgIpc) is 2.42. The molecule has 112 valence electrons. The smallest absolute Gasteiger partial charge is 0.143 e. The lowest BCUT2D eigenvalue weighted by Gasteiger charge is -2.37. The van der Waals surface area contributed by atoms with Gasteiger partial charge >= 0.3 is 0 Å². The van der Waals surface area contributed by atoms with Crippen LogP contribution in [0, 0.1) is 0 Å². The van der Waals surface area contributed by atoms with E-state index in [1.165, 1.54) is 0 Å². The van der Waals surface area contributed by atoms with E-state index in [1.807, 2.05) is 6.07 Å². The first-order valence-electron chi connectivity index (χ1n) is 7.23. The summed E-state index contributed by atoms with van der Waals surface area (Å²) in [6.07, 6.45) is 0.857. The van der Waals surface area contributed by atoms with Gasteiger partial charge in [-0.05, 0) is 20.0 Å². The van der Waals surface area contributed by atoms with E-state index in [4.69, 9.17) is 5.84 Å². The van der Waals surface area contributed by atoms with E-state index in [0.717, 1.165) is 37.6 Å². The first-order chi connectivity index (χ1) is 9.49. The lowest BCUT2D eigenvalue weighted by molar-refractivity contribution is 0.113. The van der Waals surface area contributed by atoms with E-state index in [-0.39, 0.29) is 0 Å². The number of piperazine rings is 1. The summed E-state index contributed by atoms with van der Waals surface area (Å²) in [4.78, 5) is 13.9. The molecule has 0 bridgehead atoms. The molecular formula is C14H26N6. The number of hydrogen-bond acceptors (Lipinski definition) is 6. The minimum Gasteiger partial charge on any atom is -0.308 e. The molecule has 0 amide bonds. The molecule has 0 saturated carbocycles. The zero-order chi connectivity index (χ0) is 14.7. The average molecular weight is 278 g/mol. The van der Waals surface area contributed by atoms with Gasteiger partial charge in [-0.25, -0.2) is 15.8 Å². The van der Waals surface area contributed by atoms with Crippen molar-refractivity contribution in [2.75, 3.05) is 39.2 Å². The second-order valence-electron chi connectivity index (χ2n) is 5.99. The molecule has 0 aliphatic carbocycles. The minimum atomic E-state index is 0.371. The molecule has 1 saturated heterocycles. The van der Waals surface area contributed by atoms with Gasteiger partial charge in [0.2, 0.25) is 0 Å². The Labute approximate surface area is 121 Å². The monoisotopic (exact) mass is 278 g/mol. The van der Waals surface area contributed by atoms with Crippen LogP contribution in [0.15, 0.2) is 6.07 Å². The van der Waals surface area contributed by atoms with Crippen LogP contribution in [0.4, 0.5) is 5.82 Å². The van der Waals surface area contributed by atoms with Crippen LogP contribution in [0.1, 0.15) is 31.3 Å². The standard InChI is InChI=1S/C14H26N6/c1-10(2)12-8-14(18-15)17-13(16-12)7-11-9-19(3)5-6-20(11)4/h8,10-11H,5-7,9,15H2,1-4H3,(H,16,17,18). The lowest BCUT2D eigenvalue weighted by Crippen LogP contribution is -2.51. The van der Waals surface area contributed by atoms with Crippen molar-refractivity contribution in [3.63, 3.8) is 0 Å². The highest BCUT2D eigenvalue weighted by Crippen LogP contribution is 2.17. The molecule has 1 unspecified atom stereocenters. The normalized spacial score (nSPS) is 21.4. The highest BCUT2D eigenvalue weighted by Gasteiger charge is 2.23. The number of aromatic nitrogens is 2. The molecular weight excluding hydrogens is 252 g/mol. The Kier molecular flexibility index (Phi) is 4.91. The van der Waals surface area contributed by atoms with Gasteiger partial charge in [-0.2, -0.15) is 0 Å². The summed E-state index contributed by atoms with van der Waals surface area (Å²) in [5.74, 6) is 7.45. The van der Waals surface area contributed by atoms with E-state index in [9.17, 15) is 0 Å². The molecule has 1 fully saturated rings. The number of nitrogen functional groups attached to an aromatic ring is 1. The van der Waals surface area contributed by atoms with E-state index in [2.05, 4.69) is 53.1 Å². The zero-order valence-electron chi connectivity index (χ0n) is 12.9. The Bertz CT molecular complexity index is 447. The summed E-state index contributed by atoms with van der Waals surface area (Å²) >= 11 is 0. The first-order valence-corrected chi connectivity index (χ1v) is 7.23. The van der Waals surface area contributed by atoms with Crippen molar-refractivity contribution in [2.45, 2.75) is 32.2 Å². The molecule has 1 aliphatic rings. The van der Waals surface area contributed by atoms with Gasteiger partial charge in [-0.1, -0.05) is 13.8 Å². The van der Waals surface area contributed by atoms with Crippen LogP contribution in [-0.2, 0) is 6.42 Å². The van der Waals surface area contributed by atoms with E-state index in [1.54, 1.807) is 0 Å². The summed E-state index contributed by atoms with van der Waals surface area (Å²) in [6, 6.07) is 2.38. The highest BCUT2D eigenvalue weighted by molar-refractivity contribution is 5.35. The quantitative estimate of drug-likeness (QED) is 0.623. The minimum absolute atomic E-state index is 0.371. The lowest BCUT2D eigenvalue weighted by atomic mass is 10.1. The first kappa shape index (κ1) is 15.2. The third-order valence-corrected chi connectivity index (χ3v) is 3.93. The summed E-state index contributed by atoms with van der Waals surface area (Å²) < 4.78 is 0. The van der Waals surface area contributed by atoms with E-state index < -0.39 is 0 Å². The molecule has 1 aliphatic heterocycles. The molecule has 2 heterocycles. The number of hydrazine groups is 1. The molecule has 0 spiro atoms. The molecule has 0 radical (unpaired) electrons. The highest BCUT2D eigenvalue weighted by atomic mass is 15.3. The van der Waals surface area contributed by atoms with Crippen molar-refractivity contribution in [3.8, 4) is 0 Å². The van der Waals surface area contributed by atoms with Crippen molar-refractivity contribution in [3.05, 3.63) is 17.6 Å². The van der Waals surface area contributed by atoms with Gasteiger partial charge in [-0.15, -0.1) is 0 Å². The van der Waals surface area contributed by atoms with Crippen molar-refractivity contribution in [1.82, 2.24) is 19.8 Å².